The molecule has 1 aliphatic carbocycles. The molecule has 2 saturated heterocycles. The van der Waals surface area contributed by atoms with E-state index in [4.69, 9.17) is 25.8 Å². The summed E-state index contributed by atoms with van der Waals surface area (Å²) >= 11 is 6.84. The van der Waals surface area contributed by atoms with E-state index in [1.54, 1.807) is 12.1 Å². The van der Waals surface area contributed by atoms with Crippen molar-refractivity contribution in [1.29, 1.82) is 0 Å². The fourth-order valence-electron chi connectivity index (χ4n) is 7.17. The molecule has 11 nitrogen and oxygen atoms in total. The number of carboxylic acids is 1. The topological polar surface area (TPSA) is 144 Å². The van der Waals surface area contributed by atoms with Crippen LogP contribution >= 0.6 is 11.6 Å². The number of carboxylic acid groups (broad SMARTS) is 1. The normalized spacial score (nSPS) is 24.1. The Morgan fingerprint density at radius 1 is 0.980 bits per heavy atom. The number of aliphatic hydroxyl groups excluding tert-OH is 3. The van der Waals surface area contributed by atoms with E-state index in [1.165, 1.54) is 0 Å². The van der Waals surface area contributed by atoms with Crippen molar-refractivity contribution in [2.45, 2.75) is 69.9 Å². The predicted molar refractivity (Wildman–Crippen MR) is 197 cm³/mol. The Kier molecular flexibility index (Phi) is 14.0. The molecule has 0 saturated carbocycles. The third-order valence-electron chi connectivity index (χ3n) is 10.4. The molecule has 2 unspecified atom stereocenters. The summed E-state index contributed by atoms with van der Waals surface area (Å²) in [5.74, 6) is -0.255. The van der Waals surface area contributed by atoms with Crippen LogP contribution in [-0.2, 0) is 16.1 Å². The summed E-state index contributed by atoms with van der Waals surface area (Å²) in [6.07, 6.45) is 8.76. The molecule has 2 aliphatic heterocycles. The number of aliphatic hydroxyl groups is 3. The Morgan fingerprint density at radius 2 is 1.65 bits per heavy atom. The van der Waals surface area contributed by atoms with Gasteiger partial charge in [-0.3, -0.25) is 10.1 Å². The lowest BCUT2D eigenvalue weighted by Crippen LogP contribution is -2.52. The maximum atomic E-state index is 11.6. The van der Waals surface area contributed by atoms with Crippen LogP contribution in [0.4, 0.5) is 0 Å². The zero-order valence-corrected chi connectivity index (χ0v) is 30.6. The molecule has 0 amide bonds. The van der Waals surface area contributed by atoms with Gasteiger partial charge in [-0.2, -0.15) is 0 Å². The monoisotopic (exact) mass is 727 g/mol. The van der Waals surface area contributed by atoms with Crippen molar-refractivity contribution in [3.63, 3.8) is 0 Å². The number of hydrogen-bond donors (Lipinski definition) is 5. The van der Waals surface area contributed by atoms with Gasteiger partial charge in [-0.1, -0.05) is 67.9 Å². The van der Waals surface area contributed by atoms with Crippen molar-refractivity contribution in [2.24, 2.45) is 5.41 Å². The van der Waals surface area contributed by atoms with Gasteiger partial charge in [-0.05, 0) is 49.0 Å². The summed E-state index contributed by atoms with van der Waals surface area (Å²) in [5.41, 5.74) is 1.48. The molecule has 12 heteroatoms. The van der Waals surface area contributed by atoms with E-state index in [-0.39, 0.29) is 25.4 Å². The van der Waals surface area contributed by atoms with Crippen molar-refractivity contribution in [3.8, 4) is 11.5 Å². The largest absolute Gasteiger partial charge is 0.493 e. The van der Waals surface area contributed by atoms with Crippen LogP contribution in [0.1, 0.15) is 50.7 Å². The first-order chi connectivity index (χ1) is 24.5. The predicted octanol–water partition coefficient (Wildman–Crippen LogP) is 3.98. The number of likely N-dealkylation sites (tertiary alicyclic amines) is 2. The summed E-state index contributed by atoms with van der Waals surface area (Å²) < 4.78 is 19.7. The third kappa shape index (κ3) is 10.1. The van der Waals surface area contributed by atoms with Gasteiger partial charge in [0.15, 0.2) is 0 Å². The minimum Gasteiger partial charge on any atom is -0.493 e. The van der Waals surface area contributed by atoms with Gasteiger partial charge in [0.05, 0.1) is 30.4 Å². The maximum Gasteiger partial charge on any atom is 0.323 e. The average molecular weight is 728 g/mol. The number of carbonyl (C=O) groups is 1. The van der Waals surface area contributed by atoms with Gasteiger partial charge in [-0.25, -0.2) is 0 Å². The molecule has 51 heavy (non-hydrogen) atoms. The lowest BCUT2D eigenvalue weighted by atomic mass is 9.65. The van der Waals surface area contributed by atoms with Crippen molar-refractivity contribution < 1.29 is 39.4 Å². The van der Waals surface area contributed by atoms with Crippen molar-refractivity contribution >= 4 is 23.1 Å². The number of ether oxygens (including phenoxy) is 3. The highest BCUT2D eigenvalue weighted by molar-refractivity contribution is 6.32. The standard InChI is InChI=1S/C39H54ClN3O8/c1-38(2)32(28-9-4-3-5-10-28)11-6-14-39(38,51-20-8-16-43-18-13-31(46)25-43)27-50-36-22-35(49-19-7-15-42-17-12-30(45)24-42)29(21-33(36)40)23-41-34(26-44)37(47)48/h3-6,9-11,14,21-22,30-31,34,41,44-46H,7-8,12-13,15-20,23-27H2,1-2H3,(H,47,48)/t30-,31-,34?,39?/m1/s1. The molecule has 0 bridgehead atoms. The van der Waals surface area contributed by atoms with Crippen molar-refractivity contribution in [3.05, 3.63) is 76.8 Å². The van der Waals surface area contributed by atoms with Gasteiger partial charge in [0.1, 0.15) is 29.7 Å². The van der Waals surface area contributed by atoms with Crippen LogP contribution in [0.25, 0.3) is 5.57 Å². The molecule has 2 heterocycles. The van der Waals surface area contributed by atoms with Gasteiger partial charge in [-0.15, -0.1) is 0 Å². The lowest BCUT2D eigenvalue weighted by molar-refractivity contribution is -0.140. The molecule has 4 atom stereocenters. The second kappa shape index (κ2) is 18.2. The number of nitrogens with zero attached hydrogens (tertiary/aromatic N) is 2. The first kappa shape index (κ1) is 39.2. The van der Waals surface area contributed by atoms with Gasteiger partial charge in [0.25, 0.3) is 0 Å². The second-order valence-electron chi connectivity index (χ2n) is 14.3. The summed E-state index contributed by atoms with van der Waals surface area (Å²) in [6, 6.07) is 12.6. The minimum atomic E-state index is -1.16. The molecular formula is C39H54ClN3O8. The number of benzene rings is 2. The Balaban J connectivity index is 1.35. The summed E-state index contributed by atoms with van der Waals surface area (Å²) in [5, 5.41) is 42.1. The number of aliphatic carboxylic acids is 1. The fourth-order valence-corrected chi connectivity index (χ4v) is 7.41. The first-order valence-electron chi connectivity index (χ1n) is 18.1. The highest BCUT2D eigenvalue weighted by atomic mass is 35.5. The van der Waals surface area contributed by atoms with Crippen molar-refractivity contribution in [1.82, 2.24) is 15.1 Å². The van der Waals surface area contributed by atoms with Crippen LogP contribution < -0.4 is 14.8 Å². The van der Waals surface area contributed by atoms with Gasteiger partial charge in [0.2, 0.25) is 0 Å². The van der Waals surface area contributed by atoms with E-state index < -0.39 is 29.6 Å². The van der Waals surface area contributed by atoms with Crippen LogP contribution in [0.2, 0.25) is 5.02 Å². The Hall–Kier alpha value is -3.00. The maximum absolute atomic E-state index is 11.6. The molecule has 0 spiro atoms. The zero-order chi connectivity index (χ0) is 36.4. The molecule has 5 rings (SSSR count). The van der Waals surface area contributed by atoms with E-state index in [9.17, 15) is 25.2 Å². The molecule has 0 aromatic heterocycles. The number of hydrogen-bond acceptors (Lipinski definition) is 10. The lowest BCUT2D eigenvalue weighted by Gasteiger charge is -2.47. The molecular weight excluding hydrogens is 674 g/mol. The van der Waals surface area contributed by atoms with Crippen LogP contribution in [-0.4, -0.2) is 126 Å². The molecule has 280 valence electrons. The van der Waals surface area contributed by atoms with E-state index in [1.807, 2.05) is 24.3 Å². The number of nitrogens with one attached hydrogen (secondary N) is 1. The van der Waals surface area contributed by atoms with Crippen LogP contribution in [0, 0.1) is 5.41 Å². The Morgan fingerprint density at radius 3 is 2.25 bits per heavy atom. The molecule has 3 aliphatic rings. The van der Waals surface area contributed by atoms with E-state index in [0.29, 0.717) is 48.4 Å². The van der Waals surface area contributed by atoms with Crippen LogP contribution in [0.3, 0.4) is 0 Å². The van der Waals surface area contributed by atoms with Gasteiger partial charge >= 0.3 is 5.97 Å². The summed E-state index contributed by atoms with van der Waals surface area (Å²) in [4.78, 5) is 16.0. The van der Waals surface area contributed by atoms with Crippen LogP contribution in [0.5, 0.6) is 11.5 Å². The molecule has 2 fully saturated rings. The zero-order valence-electron chi connectivity index (χ0n) is 29.8. The highest BCUT2D eigenvalue weighted by Gasteiger charge is 2.49. The molecule has 2 aromatic carbocycles. The van der Waals surface area contributed by atoms with E-state index in [2.05, 4.69) is 53.2 Å². The smallest absolute Gasteiger partial charge is 0.323 e. The van der Waals surface area contributed by atoms with Gasteiger partial charge in [0, 0.05) is 69.5 Å². The van der Waals surface area contributed by atoms with Crippen LogP contribution in [0.15, 0.2) is 60.7 Å². The SMILES string of the molecule is CC1(C)C(c2ccccc2)=CC=CC1(COc1cc(OCCCN2CC[C@@H](O)C2)c(CNC(CO)C(=O)O)cc1Cl)OCCCN1CC[C@@H](O)C1. The minimum absolute atomic E-state index is 0.104. The molecule has 0 radical (unpaired) electrons. The average Bonchev–Trinajstić information content (AvgIpc) is 3.73. The number of halogens is 1. The molecule has 2 aromatic rings. The van der Waals surface area contributed by atoms with E-state index >= 15 is 0 Å². The first-order valence-corrected chi connectivity index (χ1v) is 18.4. The number of allylic oxidation sites excluding steroid dienone is 2. The molecule has 5 N–H and O–H groups in total. The van der Waals surface area contributed by atoms with E-state index in [0.717, 1.165) is 63.0 Å². The Bertz CT molecular complexity index is 1500. The highest BCUT2D eigenvalue weighted by Crippen LogP contribution is 2.49. The third-order valence-corrected chi connectivity index (χ3v) is 10.7. The quantitative estimate of drug-likeness (QED) is 0.134. The Labute approximate surface area is 306 Å². The number of β-amino-alcohol motifs (C(OH)–C–C–N with tert-alkyl or cyclic N) is 2. The number of rotatable bonds is 19. The summed E-state index contributed by atoms with van der Waals surface area (Å²) in [6.45, 7) is 9.60. The van der Waals surface area contributed by atoms with Gasteiger partial charge < -0.3 is 44.4 Å². The summed E-state index contributed by atoms with van der Waals surface area (Å²) in [7, 11) is 0. The fraction of sp³-hybridized carbons (Fsp3) is 0.564. The van der Waals surface area contributed by atoms with Crippen molar-refractivity contribution in [2.75, 3.05) is 65.7 Å². The second-order valence-corrected chi connectivity index (χ2v) is 14.8.